The van der Waals surface area contributed by atoms with Crippen LogP contribution in [0.5, 0.6) is 0 Å². The highest BCUT2D eigenvalue weighted by Gasteiger charge is 2.34. The number of rotatable bonds is 3. The molecular formula is C14H13BrFNO3. The Kier molecular flexibility index (Phi) is 4.54. The van der Waals surface area contributed by atoms with Crippen LogP contribution in [0, 0.1) is 17.7 Å². The molecule has 2 N–H and O–H groups in total. The number of carbonyl (C=O) groups is 2. The zero-order valence-electron chi connectivity index (χ0n) is 10.5. The molecule has 0 radical (unpaired) electrons. The molecule has 2 atom stereocenters. The second kappa shape index (κ2) is 6.17. The van der Waals surface area contributed by atoms with Gasteiger partial charge >= 0.3 is 5.97 Å². The molecule has 0 bridgehead atoms. The number of halogens is 2. The van der Waals surface area contributed by atoms with E-state index in [9.17, 15) is 14.0 Å². The van der Waals surface area contributed by atoms with E-state index in [0.29, 0.717) is 23.0 Å². The Morgan fingerprint density at radius 3 is 2.50 bits per heavy atom. The van der Waals surface area contributed by atoms with Crippen LogP contribution in [-0.4, -0.2) is 17.0 Å². The van der Waals surface area contributed by atoms with Crippen molar-refractivity contribution in [2.45, 2.75) is 12.8 Å². The first-order valence-electron chi connectivity index (χ1n) is 6.12. The molecule has 0 heterocycles. The summed E-state index contributed by atoms with van der Waals surface area (Å²) in [6.45, 7) is 0. The summed E-state index contributed by atoms with van der Waals surface area (Å²) in [5, 5.41) is 11.8. The van der Waals surface area contributed by atoms with Gasteiger partial charge in [-0.3, -0.25) is 9.59 Å². The molecule has 106 valence electrons. The molecule has 0 saturated heterocycles. The van der Waals surface area contributed by atoms with E-state index in [1.807, 2.05) is 6.08 Å². The number of carbonyl (C=O) groups excluding carboxylic acids is 1. The minimum atomic E-state index is -0.979. The van der Waals surface area contributed by atoms with Gasteiger partial charge in [0.15, 0.2) is 0 Å². The molecule has 0 spiro atoms. The lowest BCUT2D eigenvalue weighted by molar-refractivity contribution is -0.146. The average Bonchev–Trinajstić information content (AvgIpc) is 2.41. The van der Waals surface area contributed by atoms with Gasteiger partial charge in [0.05, 0.1) is 17.5 Å². The van der Waals surface area contributed by atoms with E-state index in [0.717, 1.165) is 0 Å². The van der Waals surface area contributed by atoms with E-state index in [2.05, 4.69) is 21.2 Å². The Morgan fingerprint density at radius 1 is 1.25 bits per heavy atom. The molecular weight excluding hydrogens is 329 g/mol. The highest BCUT2D eigenvalue weighted by atomic mass is 79.9. The van der Waals surface area contributed by atoms with Gasteiger partial charge in [-0.15, -0.1) is 0 Å². The van der Waals surface area contributed by atoms with E-state index < -0.39 is 23.6 Å². The molecule has 0 aromatic heterocycles. The number of allylic oxidation sites excluding steroid dienone is 2. The van der Waals surface area contributed by atoms with Gasteiger partial charge in [-0.2, -0.15) is 0 Å². The molecule has 0 saturated carbocycles. The van der Waals surface area contributed by atoms with Gasteiger partial charge in [-0.25, -0.2) is 4.39 Å². The molecule has 0 unspecified atom stereocenters. The number of carboxylic acids is 1. The topological polar surface area (TPSA) is 66.4 Å². The van der Waals surface area contributed by atoms with Gasteiger partial charge in [0.25, 0.3) is 0 Å². The number of nitrogens with one attached hydrogen (secondary N) is 1. The highest BCUT2D eigenvalue weighted by molar-refractivity contribution is 9.10. The summed E-state index contributed by atoms with van der Waals surface area (Å²) in [7, 11) is 0. The summed E-state index contributed by atoms with van der Waals surface area (Å²) in [6, 6.07) is 3.91. The lowest BCUT2D eigenvalue weighted by Crippen LogP contribution is -2.34. The predicted octanol–water partition coefficient (Wildman–Crippen LogP) is 3.19. The molecule has 0 aliphatic heterocycles. The summed E-state index contributed by atoms with van der Waals surface area (Å²) in [5.74, 6) is -3.10. The zero-order chi connectivity index (χ0) is 14.7. The van der Waals surface area contributed by atoms with Crippen molar-refractivity contribution in [3.63, 3.8) is 0 Å². The van der Waals surface area contributed by atoms with Crippen LogP contribution in [0.1, 0.15) is 12.8 Å². The Balaban J connectivity index is 2.14. The number of aliphatic carboxylic acids is 1. The van der Waals surface area contributed by atoms with Crippen LogP contribution in [0.25, 0.3) is 0 Å². The SMILES string of the molecule is O=C(O)[C@H]1CC=CC[C@H]1C(=O)Nc1ccc(F)cc1Br. The molecule has 1 amide bonds. The number of benzene rings is 1. The fourth-order valence-electron chi connectivity index (χ4n) is 2.19. The van der Waals surface area contributed by atoms with E-state index in [1.54, 1.807) is 6.08 Å². The van der Waals surface area contributed by atoms with Crippen molar-refractivity contribution in [1.82, 2.24) is 0 Å². The van der Waals surface area contributed by atoms with Crippen LogP contribution < -0.4 is 5.32 Å². The molecule has 6 heteroatoms. The summed E-state index contributed by atoms with van der Waals surface area (Å²) < 4.78 is 13.4. The molecule has 1 aliphatic rings. The maximum Gasteiger partial charge on any atom is 0.307 e. The predicted molar refractivity (Wildman–Crippen MR) is 75.7 cm³/mol. The van der Waals surface area contributed by atoms with E-state index in [4.69, 9.17) is 5.11 Å². The van der Waals surface area contributed by atoms with Crippen molar-refractivity contribution in [3.05, 3.63) is 40.6 Å². The highest BCUT2D eigenvalue weighted by Crippen LogP contribution is 2.29. The third kappa shape index (κ3) is 3.25. The van der Waals surface area contributed by atoms with Crippen LogP contribution in [0.3, 0.4) is 0 Å². The number of carboxylic acid groups (broad SMARTS) is 1. The van der Waals surface area contributed by atoms with Crippen molar-refractivity contribution < 1.29 is 19.1 Å². The monoisotopic (exact) mass is 341 g/mol. The summed E-state index contributed by atoms with van der Waals surface area (Å²) >= 11 is 3.16. The van der Waals surface area contributed by atoms with Crippen molar-refractivity contribution in [2.24, 2.45) is 11.8 Å². The van der Waals surface area contributed by atoms with Gasteiger partial charge in [-0.1, -0.05) is 12.2 Å². The second-order valence-corrected chi connectivity index (χ2v) is 5.46. The average molecular weight is 342 g/mol. The molecule has 4 nitrogen and oxygen atoms in total. The summed E-state index contributed by atoms with van der Waals surface area (Å²) in [4.78, 5) is 23.4. The van der Waals surface area contributed by atoms with Crippen LogP contribution >= 0.6 is 15.9 Å². The lowest BCUT2D eigenvalue weighted by atomic mass is 9.82. The molecule has 1 aromatic rings. The third-order valence-corrected chi connectivity index (χ3v) is 3.93. The van der Waals surface area contributed by atoms with E-state index in [1.165, 1.54) is 18.2 Å². The van der Waals surface area contributed by atoms with Gasteiger partial charge in [0.2, 0.25) is 5.91 Å². The normalized spacial score (nSPS) is 21.5. The van der Waals surface area contributed by atoms with Crippen LogP contribution in [0.4, 0.5) is 10.1 Å². The maximum absolute atomic E-state index is 13.0. The maximum atomic E-state index is 13.0. The first-order valence-corrected chi connectivity index (χ1v) is 6.92. The first kappa shape index (κ1) is 14.7. The van der Waals surface area contributed by atoms with Crippen LogP contribution in [0.15, 0.2) is 34.8 Å². The number of hydrogen-bond acceptors (Lipinski definition) is 2. The summed E-state index contributed by atoms with van der Waals surface area (Å²) in [5.41, 5.74) is 0.426. The van der Waals surface area contributed by atoms with Crippen molar-refractivity contribution >= 4 is 33.5 Å². The fourth-order valence-corrected chi connectivity index (χ4v) is 2.64. The Hall–Kier alpha value is -1.69. The largest absolute Gasteiger partial charge is 0.481 e. The zero-order valence-corrected chi connectivity index (χ0v) is 12.1. The van der Waals surface area contributed by atoms with Crippen LogP contribution in [-0.2, 0) is 9.59 Å². The molecule has 0 fully saturated rings. The number of amides is 1. The second-order valence-electron chi connectivity index (χ2n) is 4.61. The van der Waals surface area contributed by atoms with Gasteiger partial charge in [0, 0.05) is 4.47 Å². The lowest BCUT2D eigenvalue weighted by Gasteiger charge is -2.24. The smallest absolute Gasteiger partial charge is 0.307 e. The quantitative estimate of drug-likeness (QED) is 0.829. The Morgan fingerprint density at radius 2 is 1.90 bits per heavy atom. The molecule has 1 aliphatic carbocycles. The van der Waals surface area contributed by atoms with Gasteiger partial charge < -0.3 is 10.4 Å². The first-order chi connectivity index (χ1) is 9.49. The summed E-state index contributed by atoms with van der Waals surface area (Å²) in [6.07, 6.45) is 4.32. The van der Waals surface area contributed by atoms with Gasteiger partial charge in [-0.05, 0) is 47.0 Å². The van der Waals surface area contributed by atoms with E-state index >= 15 is 0 Å². The molecule has 1 aromatic carbocycles. The van der Waals surface area contributed by atoms with Crippen molar-refractivity contribution in [1.29, 1.82) is 0 Å². The number of anilines is 1. The van der Waals surface area contributed by atoms with Gasteiger partial charge in [0.1, 0.15) is 5.82 Å². The Labute approximate surface area is 123 Å². The van der Waals surface area contributed by atoms with Crippen molar-refractivity contribution in [3.8, 4) is 0 Å². The Bertz CT molecular complexity index is 574. The molecule has 2 rings (SSSR count). The minimum absolute atomic E-state index is 0.345. The standard InChI is InChI=1S/C14H13BrFNO3/c15-11-7-8(16)5-6-12(11)17-13(18)9-3-1-2-4-10(9)14(19)20/h1-2,5-7,9-10H,3-4H2,(H,17,18)(H,19,20)/t9-,10+/m1/s1. The van der Waals surface area contributed by atoms with Crippen LogP contribution in [0.2, 0.25) is 0 Å². The minimum Gasteiger partial charge on any atom is -0.481 e. The van der Waals surface area contributed by atoms with E-state index in [-0.39, 0.29) is 5.91 Å². The van der Waals surface area contributed by atoms with Crippen molar-refractivity contribution in [2.75, 3.05) is 5.32 Å². The number of hydrogen-bond donors (Lipinski definition) is 2. The fraction of sp³-hybridized carbons (Fsp3) is 0.286. The third-order valence-electron chi connectivity index (χ3n) is 3.28. The molecule has 20 heavy (non-hydrogen) atoms.